The first kappa shape index (κ1) is 25.0. The van der Waals surface area contributed by atoms with E-state index in [0.717, 1.165) is 11.6 Å². The van der Waals surface area contributed by atoms with Gasteiger partial charge in [-0.3, -0.25) is 9.59 Å². The van der Waals surface area contributed by atoms with Crippen LogP contribution in [0.5, 0.6) is 5.75 Å². The molecule has 1 saturated heterocycles. The van der Waals surface area contributed by atoms with Crippen molar-refractivity contribution in [2.24, 2.45) is 0 Å². The number of ether oxygens (including phenoxy) is 2. The van der Waals surface area contributed by atoms with E-state index in [-0.39, 0.29) is 29.5 Å². The van der Waals surface area contributed by atoms with Crippen LogP contribution in [0.2, 0.25) is 5.02 Å². The molecule has 2 aliphatic rings. The molecule has 0 bridgehead atoms. The third-order valence-electron chi connectivity index (χ3n) is 6.68. The predicted molar refractivity (Wildman–Crippen MR) is 136 cm³/mol. The number of amides is 1. The smallest absolute Gasteiger partial charge is 0.290 e. The minimum Gasteiger partial charge on any atom is -0.503 e. The number of halogens is 2. The zero-order valence-electron chi connectivity index (χ0n) is 19.9. The van der Waals surface area contributed by atoms with E-state index in [2.05, 4.69) is 0 Å². The Morgan fingerprint density at radius 2 is 1.76 bits per heavy atom. The lowest BCUT2D eigenvalue weighted by Gasteiger charge is -2.36. The van der Waals surface area contributed by atoms with Crippen LogP contribution in [0.3, 0.4) is 0 Å². The third kappa shape index (κ3) is 5.10. The van der Waals surface area contributed by atoms with Crippen LogP contribution in [0.1, 0.15) is 40.4 Å². The van der Waals surface area contributed by atoms with Crippen LogP contribution in [0.15, 0.2) is 84.1 Å². The largest absolute Gasteiger partial charge is 0.503 e. The van der Waals surface area contributed by atoms with E-state index in [1.54, 1.807) is 24.3 Å². The fraction of sp³-hybridized carbons (Fsp3) is 0.241. The zero-order chi connectivity index (χ0) is 25.9. The van der Waals surface area contributed by atoms with Gasteiger partial charge in [0, 0.05) is 24.3 Å². The highest BCUT2D eigenvalue weighted by Gasteiger charge is 2.47. The third-order valence-corrected chi connectivity index (χ3v) is 6.93. The van der Waals surface area contributed by atoms with Gasteiger partial charge in [0.25, 0.3) is 5.91 Å². The van der Waals surface area contributed by atoms with Crippen molar-refractivity contribution in [1.82, 2.24) is 4.90 Å². The number of carbonyl (C=O) groups excluding carboxylic acids is 2. The minimum absolute atomic E-state index is 0.0712. The molecule has 8 heteroatoms. The van der Waals surface area contributed by atoms with Gasteiger partial charge >= 0.3 is 0 Å². The highest BCUT2D eigenvalue weighted by molar-refractivity contribution is 6.30. The van der Waals surface area contributed by atoms with Gasteiger partial charge in [-0.05, 0) is 54.3 Å². The molecule has 5 rings (SSSR count). The van der Waals surface area contributed by atoms with Crippen LogP contribution < -0.4 is 4.74 Å². The molecule has 190 valence electrons. The fourth-order valence-corrected chi connectivity index (χ4v) is 4.98. The summed E-state index contributed by atoms with van der Waals surface area (Å²) < 4.78 is 25.7. The topological polar surface area (TPSA) is 76.1 Å². The Balaban J connectivity index is 1.55. The average Bonchev–Trinajstić information content (AvgIpc) is 3.19. The maximum atomic E-state index is 14.4. The Morgan fingerprint density at radius 3 is 2.46 bits per heavy atom. The molecule has 0 radical (unpaired) electrons. The van der Waals surface area contributed by atoms with Gasteiger partial charge in [-0.2, -0.15) is 0 Å². The van der Waals surface area contributed by atoms with E-state index in [1.807, 2.05) is 30.3 Å². The molecular weight excluding hydrogens is 497 g/mol. The van der Waals surface area contributed by atoms with E-state index in [0.29, 0.717) is 36.6 Å². The molecule has 2 heterocycles. The molecule has 1 N–H and O–H groups in total. The molecule has 6 nitrogen and oxygen atoms in total. The number of ketones is 1. The van der Waals surface area contributed by atoms with Crippen LogP contribution in [0.25, 0.3) is 0 Å². The summed E-state index contributed by atoms with van der Waals surface area (Å²) in [5.74, 6) is -2.44. The number of benzene rings is 3. The standard InChI is InChI=1S/C29H25ClFNO5/c30-20-8-6-19(7-9-20)26-25(28(34)29(35)32(26)22-12-14-36-15-13-22)27(33)23-16-21(31)10-11-24(23)37-17-18-4-2-1-3-5-18/h1-11,16,22,26,34H,12-15,17H2. The van der Waals surface area contributed by atoms with Gasteiger partial charge in [0.1, 0.15) is 18.2 Å². The fourth-order valence-electron chi connectivity index (χ4n) is 4.85. The second-order valence-corrected chi connectivity index (χ2v) is 9.45. The lowest BCUT2D eigenvalue weighted by Crippen LogP contribution is -2.43. The number of Topliss-reactive ketones (excluding diaryl/α,β-unsaturated/α-hetero) is 1. The van der Waals surface area contributed by atoms with Crippen LogP contribution >= 0.6 is 11.6 Å². The Kier molecular flexibility index (Phi) is 7.26. The first-order chi connectivity index (χ1) is 17.9. The molecule has 3 aromatic rings. The molecule has 1 unspecified atom stereocenters. The summed E-state index contributed by atoms with van der Waals surface area (Å²) in [6.45, 7) is 1.09. The lowest BCUT2D eigenvalue weighted by molar-refractivity contribution is -0.133. The SMILES string of the molecule is O=C(C1=C(O)C(=O)N(C2CCOCC2)C1c1ccc(Cl)cc1)c1cc(F)ccc1OCc1ccccc1. The summed E-state index contributed by atoms with van der Waals surface area (Å²) in [5, 5.41) is 11.5. The Morgan fingerprint density at radius 1 is 1.05 bits per heavy atom. The molecule has 3 aromatic carbocycles. The lowest BCUT2D eigenvalue weighted by atomic mass is 9.91. The van der Waals surface area contributed by atoms with Crippen molar-refractivity contribution in [3.63, 3.8) is 0 Å². The second kappa shape index (κ2) is 10.7. The molecule has 1 fully saturated rings. The molecule has 0 saturated carbocycles. The number of rotatable bonds is 7. The van der Waals surface area contributed by atoms with Gasteiger partial charge in [-0.25, -0.2) is 4.39 Å². The number of nitrogens with zero attached hydrogens (tertiary/aromatic N) is 1. The first-order valence-electron chi connectivity index (χ1n) is 12.0. The molecule has 0 aromatic heterocycles. The van der Waals surface area contributed by atoms with Crippen molar-refractivity contribution in [1.29, 1.82) is 0 Å². The average molecular weight is 522 g/mol. The highest BCUT2D eigenvalue weighted by atomic mass is 35.5. The maximum Gasteiger partial charge on any atom is 0.290 e. The molecule has 1 atom stereocenters. The number of aliphatic hydroxyl groups is 1. The molecule has 1 amide bonds. The van der Waals surface area contributed by atoms with Crippen molar-refractivity contribution >= 4 is 23.3 Å². The van der Waals surface area contributed by atoms with E-state index < -0.39 is 29.3 Å². The first-order valence-corrected chi connectivity index (χ1v) is 12.4. The van der Waals surface area contributed by atoms with Crippen LogP contribution in [-0.2, 0) is 16.1 Å². The number of aliphatic hydroxyl groups excluding tert-OH is 1. The van der Waals surface area contributed by atoms with Gasteiger partial charge in [0.05, 0.1) is 17.2 Å². The summed E-state index contributed by atoms with van der Waals surface area (Å²) in [4.78, 5) is 28.9. The minimum atomic E-state index is -0.870. The van der Waals surface area contributed by atoms with Gasteiger partial charge in [0.2, 0.25) is 0 Å². The van der Waals surface area contributed by atoms with Gasteiger partial charge in [0.15, 0.2) is 11.5 Å². The van der Waals surface area contributed by atoms with Gasteiger partial charge in [-0.15, -0.1) is 0 Å². The summed E-state index contributed by atoms with van der Waals surface area (Å²) in [5.41, 5.74) is 1.29. The van der Waals surface area contributed by atoms with Gasteiger partial charge < -0.3 is 19.5 Å². The number of hydrogen-bond donors (Lipinski definition) is 1. The van der Waals surface area contributed by atoms with E-state index in [9.17, 15) is 19.1 Å². The van der Waals surface area contributed by atoms with Crippen molar-refractivity contribution in [3.8, 4) is 5.75 Å². The van der Waals surface area contributed by atoms with E-state index >= 15 is 0 Å². The van der Waals surface area contributed by atoms with Crippen LogP contribution in [-0.4, -0.2) is 41.0 Å². The second-order valence-electron chi connectivity index (χ2n) is 9.02. The summed E-state index contributed by atoms with van der Waals surface area (Å²) in [7, 11) is 0. The summed E-state index contributed by atoms with van der Waals surface area (Å²) >= 11 is 6.10. The van der Waals surface area contributed by atoms with Gasteiger partial charge in [-0.1, -0.05) is 54.1 Å². The molecule has 0 aliphatic carbocycles. The molecule has 37 heavy (non-hydrogen) atoms. The summed E-state index contributed by atoms with van der Waals surface area (Å²) in [6.07, 6.45) is 1.13. The quantitative estimate of drug-likeness (QED) is 0.397. The number of hydrogen-bond acceptors (Lipinski definition) is 5. The normalized spacial score (nSPS) is 18.4. The number of carbonyl (C=O) groups is 2. The monoisotopic (exact) mass is 521 g/mol. The predicted octanol–water partition coefficient (Wildman–Crippen LogP) is 5.82. The molecular formula is C29H25ClFNO5. The Bertz CT molecular complexity index is 1340. The summed E-state index contributed by atoms with van der Waals surface area (Å²) in [6, 6.07) is 18.7. The van der Waals surface area contributed by atoms with E-state index in [4.69, 9.17) is 21.1 Å². The van der Waals surface area contributed by atoms with Crippen molar-refractivity contribution in [2.45, 2.75) is 31.5 Å². The van der Waals surface area contributed by atoms with Crippen LogP contribution in [0, 0.1) is 5.82 Å². The molecule has 0 spiro atoms. The Labute approximate surface area is 218 Å². The zero-order valence-corrected chi connectivity index (χ0v) is 20.7. The van der Waals surface area contributed by atoms with Crippen molar-refractivity contribution < 1.29 is 28.6 Å². The highest BCUT2D eigenvalue weighted by Crippen LogP contribution is 2.43. The van der Waals surface area contributed by atoms with Crippen molar-refractivity contribution in [3.05, 3.63) is 112 Å². The Hall–Kier alpha value is -3.68. The molecule has 2 aliphatic heterocycles. The van der Waals surface area contributed by atoms with Crippen LogP contribution in [0.4, 0.5) is 4.39 Å². The van der Waals surface area contributed by atoms with Crippen molar-refractivity contribution in [2.75, 3.05) is 13.2 Å². The van der Waals surface area contributed by atoms with E-state index in [1.165, 1.54) is 17.0 Å². The maximum absolute atomic E-state index is 14.4.